The summed E-state index contributed by atoms with van der Waals surface area (Å²) < 4.78 is 28.0. The van der Waals surface area contributed by atoms with Crippen LogP contribution in [0.3, 0.4) is 0 Å². The van der Waals surface area contributed by atoms with Crippen molar-refractivity contribution in [2.24, 2.45) is 11.3 Å². The van der Waals surface area contributed by atoms with Gasteiger partial charge in [0.25, 0.3) is 0 Å². The first kappa shape index (κ1) is 26.3. The van der Waals surface area contributed by atoms with Crippen LogP contribution in [0.2, 0.25) is 0 Å². The molecule has 0 bridgehead atoms. The van der Waals surface area contributed by atoms with Crippen molar-refractivity contribution in [2.75, 3.05) is 18.0 Å². The molecule has 1 atom stereocenters. The van der Waals surface area contributed by atoms with E-state index >= 15 is 0 Å². The molecule has 4 rings (SSSR count). The van der Waals surface area contributed by atoms with Crippen LogP contribution in [-0.2, 0) is 14.8 Å². The molecule has 0 radical (unpaired) electrons. The third-order valence-electron chi connectivity index (χ3n) is 6.50. The minimum atomic E-state index is -3.93. The lowest BCUT2D eigenvalue weighted by atomic mass is 9.82. The zero-order valence-corrected chi connectivity index (χ0v) is 22.4. The predicted molar refractivity (Wildman–Crippen MR) is 138 cm³/mol. The summed E-state index contributed by atoms with van der Waals surface area (Å²) in [6.45, 7) is 5.65. The van der Waals surface area contributed by atoms with Gasteiger partial charge in [0.05, 0.1) is 23.2 Å². The van der Waals surface area contributed by atoms with Crippen LogP contribution in [0.1, 0.15) is 67.4 Å². The minimum absolute atomic E-state index is 0.0372. The summed E-state index contributed by atoms with van der Waals surface area (Å²) in [6.07, 6.45) is 7.59. The number of sulfonamides is 1. The molecule has 36 heavy (non-hydrogen) atoms. The molecular weight excluding hydrogens is 498 g/mol. The average Bonchev–Trinajstić information content (AvgIpc) is 3.27. The normalized spacial score (nSPS) is 20.1. The van der Waals surface area contributed by atoms with Crippen molar-refractivity contribution in [1.29, 1.82) is 0 Å². The molecule has 2 fully saturated rings. The van der Waals surface area contributed by atoms with Crippen LogP contribution < -0.4 is 4.90 Å². The molecule has 2 aromatic rings. The fraction of sp³-hybridized carbons (Fsp3) is 0.500. The van der Waals surface area contributed by atoms with Crippen LogP contribution in [0.4, 0.5) is 5.69 Å². The molecule has 1 N–H and O–H groups in total. The van der Waals surface area contributed by atoms with Crippen LogP contribution in [0.5, 0.6) is 0 Å². The molecule has 2 aromatic heterocycles. The third-order valence-corrected chi connectivity index (χ3v) is 9.32. The fourth-order valence-corrected chi connectivity index (χ4v) is 7.03. The van der Waals surface area contributed by atoms with E-state index in [0.717, 1.165) is 43.4 Å². The monoisotopic (exact) mass is 529 g/mol. The number of hydrogen-bond acceptors (Lipinski definition) is 6. The molecule has 1 saturated carbocycles. The van der Waals surface area contributed by atoms with Gasteiger partial charge in [0.2, 0.25) is 15.9 Å². The lowest BCUT2D eigenvalue weighted by Crippen LogP contribution is -2.60. The average molecular weight is 530 g/mol. The van der Waals surface area contributed by atoms with E-state index in [1.54, 1.807) is 17.0 Å². The first-order valence-corrected chi connectivity index (χ1v) is 14.4. The maximum Gasteiger partial charge on any atom is 0.348 e. The number of anilines is 1. The summed E-state index contributed by atoms with van der Waals surface area (Å²) >= 11 is 1.05. The second-order valence-electron chi connectivity index (χ2n) is 10.3. The second-order valence-corrected chi connectivity index (χ2v) is 13.3. The first-order valence-electron chi connectivity index (χ1n) is 12.1. The zero-order valence-electron chi connectivity index (χ0n) is 20.7. The molecular formula is C26H31N3O5S2. The Labute approximate surface area is 216 Å². The van der Waals surface area contributed by atoms with Gasteiger partial charge in [0, 0.05) is 24.4 Å². The highest BCUT2D eigenvalue weighted by molar-refractivity contribution is 7.89. The number of aromatic carboxylic acids is 1. The topological polar surface area (TPSA) is 108 Å². The quantitative estimate of drug-likeness (QED) is 0.581. The standard InChI is InChI=1S/C26H31N3O5S2/c1-26(2,3)12-11-19-14-21(24(35-19)25(31)32)29-22(18-8-5-4-6-9-18)16-28(17-23(29)30)36(33,34)20-10-7-13-27-15-20/h7,10,13-15,18,22H,4-6,8-9,16-17H2,1-3H3,(H,31,32)/t22-/m0/s1. The summed E-state index contributed by atoms with van der Waals surface area (Å²) in [5.74, 6) is 4.69. The number of carboxylic acid groups (broad SMARTS) is 1. The van der Waals surface area contributed by atoms with Crippen molar-refractivity contribution in [1.82, 2.24) is 9.29 Å². The molecule has 0 unspecified atom stereocenters. The molecule has 10 heteroatoms. The predicted octanol–water partition coefficient (Wildman–Crippen LogP) is 4.23. The number of nitrogens with zero attached hydrogens (tertiary/aromatic N) is 3. The highest BCUT2D eigenvalue weighted by atomic mass is 32.2. The lowest BCUT2D eigenvalue weighted by Gasteiger charge is -2.44. The van der Waals surface area contributed by atoms with Crippen LogP contribution >= 0.6 is 11.3 Å². The highest BCUT2D eigenvalue weighted by Gasteiger charge is 2.44. The summed E-state index contributed by atoms with van der Waals surface area (Å²) in [4.78, 5) is 31.9. The number of carbonyl (C=O) groups excluding carboxylic acids is 1. The number of aromatic nitrogens is 1. The van der Waals surface area contributed by atoms with Crippen LogP contribution in [0.25, 0.3) is 0 Å². The second kappa shape index (κ2) is 10.3. The Balaban J connectivity index is 1.76. The molecule has 1 amide bonds. The number of rotatable bonds is 5. The summed E-state index contributed by atoms with van der Waals surface area (Å²) in [5, 5.41) is 9.96. The number of carboxylic acids is 1. The molecule has 0 aromatic carbocycles. The number of amides is 1. The van der Waals surface area contributed by atoms with E-state index in [4.69, 9.17) is 0 Å². The molecule has 192 valence electrons. The van der Waals surface area contributed by atoms with E-state index < -0.39 is 27.9 Å². The molecule has 3 heterocycles. The fourth-order valence-electron chi connectivity index (χ4n) is 4.81. The number of pyridine rings is 1. The van der Waals surface area contributed by atoms with Crippen molar-refractivity contribution in [2.45, 2.75) is 63.8 Å². The van der Waals surface area contributed by atoms with Gasteiger partial charge in [-0.15, -0.1) is 11.3 Å². The van der Waals surface area contributed by atoms with Gasteiger partial charge in [-0.3, -0.25) is 9.78 Å². The minimum Gasteiger partial charge on any atom is -0.477 e. The maximum absolute atomic E-state index is 13.6. The Morgan fingerprint density at radius 1 is 1.22 bits per heavy atom. The van der Waals surface area contributed by atoms with Gasteiger partial charge >= 0.3 is 5.97 Å². The lowest BCUT2D eigenvalue weighted by molar-refractivity contribution is -0.121. The Hall–Kier alpha value is -2.74. The Morgan fingerprint density at radius 3 is 2.56 bits per heavy atom. The molecule has 1 aliphatic heterocycles. The van der Waals surface area contributed by atoms with Crippen LogP contribution in [0.15, 0.2) is 35.5 Å². The Bertz CT molecular complexity index is 1300. The third kappa shape index (κ3) is 5.64. The van der Waals surface area contributed by atoms with E-state index in [9.17, 15) is 23.1 Å². The van der Waals surface area contributed by atoms with Crippen molar-refractivity contribution in [3.8, 4) is 11.8 Å². The van der Waals surface area contributed by atoms with Gasteiger partial charge in [-0.2, -0.15) is 4.31 Å². The van der Waals surface area contributed by atoms with E-state index in [0.29, 0.717) is 10.6 Å². The van der Waals surface area contributed by atoms with Gasteiger partial charge in [-0.05, 0) is 57.7 Å². The van der Waals surface area contributed by atoms with Gasteiger partial charge in [-0.1, -0.05) is 31.1 Å². The van der Waals surface area contributed by atoms with Gasteiger partial charge in [0.1, 0.15) is 9.77 Å². The van der Waals surface area contributed by atoms with E-state index in [1.165, 1.54) is 22.8 Å². The summed E-state index contributed by atoms with van der Waals surface area (Å²) in [7, 11) is -3.93. The first-order chi connectivity index (χ1) is 17.0. The number of hydrogen-bond donors (Lipinski definition) is 1. The van der Waals surface area contributed by atoms with Crippen molar-refractivity contribution < 1.29 is 23.1 Å². The van der Waals surface area contributed by atoms with Crippen molar-refractivity contribution in [3.05, 3.63) is 40.3 Å². The van der Waals surface area contributed by atoms with E-state index in [1.807, 2.05) is 20.8 Å². The SMILES string of the molecule is CC(C)(C)C#Cc1cc(N2C(=O)CN(S(=O)(=O)c3cccnc3)C[C@H]2C2CCCCC2)c(C(=O)O)s1. The molecule has 1 aliphatic carbocycles. The number of carbonyl (C=O) groups is 2. The smallest absolute Gasteiger partial charge is 0.348 e. The summed E-state index contributed by atoms with van der Waals surface area (Å²) in [6, 6.07) is 4.23. The number of thiophene rings is 1. The maximum atomic E-state index is 13.6. The zero-order chi connectivity index (χ0) is 26.1. The number of piperazine rings is 1. The molecule has 2 aliphatic rings. The van der Waals surface area contributed by atoms with Crippen molar-refractivity contribution >= 4 is 38.9 Å². The molecule has 0 spiro atoms. The highest BCUT2D eigenvalue weighted by Crippen LogP contribution is 2.39. The van der Waals surface area contributed by atoms with E-state index in [-0.39, 0.29) is 34.2 Å². The largest absolute Gasteiger partial charge is 0.477 e. The van der Waals surface area contributed by atoms with Gasteiger partial charge in [0.15, 0.2) is 0 Å². The summed E-state index contributed by atoms with van der Waals surface area (Å²) in [5.41, 5.74) is 0.0463. The molecule has 1 saturated heterocycles. The Morgan fingerprint density at radius 2 is 1.94 bits per heavy atom. The van der Waals surface area contributed by atoms with Crippen molar-refractivity contribution in [3.63, 3.8) is 0 Å². The van der Waals surface area contributed by atoms with Crippen LogP contribution in [0, 0.1) is 23.2 Å². The van der Waals surface area contributed by atoms with E-state index in [2.05, 4.69) is 16.8 Å². The van der Waals surface area contributed by atoms with Gasteiger partial charge in [-0.25, -0.2) is 13.2 Å². The van der Waals surface area contributed by atoms with Crippen LogP contribution in [-0.4, -0.2) is 53.8 Å². The Kier molecular flexibility index (Phi) is 7.55. The van der Waals surface area contributed by atoms with Gasteiger partial charge < -0.3 is 10.0 Å². The molecule has 8 nitrogen and oxygen atoms in total.